The highest BCUT2D eigenvalue weighted by Gasteiger charge is 2.08. The monoisotopic (exact) mass is 229 g/mol. The first-order valence-electron chi connectivity index (χ1n) is 5.34. The van der Waals surface area contributed by atoms with Gasteiger partial charge in [0.2, 0.25) is 0 Å². The molecule has 0 bridgehead atoms. The summed E-state index contributed by atoms with van der Waals surface area (Å²) < 4.78 is 25.5. The second-order valence-corrected chi connectivity index (χ2v) is 4.17. The smallest absolute Gasteiger partial charge is 0.159 e. The second-order valence-electron chi connectivity index (χ2n) is 4.17. The van der Waals surface area contributed by atoms with E-state index >= 15 is 0 Å². The predicted octanol–water partition coefficient (Wildman–Crippen LogP) is 1.87. The van der Waals surface area contributed by atoms with Crippen LogP contribution in [0.2, 0.25) is 0 Å². The van der Waals surface area contributed by atoms with E-state index in [0.29, 0.717) is 24.6 Å². The Bertz CT molecular complexity index is 342. The Kier molecular flexibility index (Phi) is 4.83. The molecule has 0 heterocycles. The van der Waals surface area contributed by atoms with Gasteiger partial charge in [0.25, 0.3) is 0 Å². The van der Waals surface area contributed by atoms with Gasteiger partial charge in [-0.1, -0.05) is 19.9 Å². The Hall–Kier alpha value is -1.00. The fourth-order valence-corrected chi connectivity index (χ4v) is 1.38. The molecular formula is C12H17F2NO. The molecule has 1 unspecified atom stereocenters. The highest BCUT2D eigenvalue weighted by molar-refractivity contribution is 5.18. The number of hydrogen-bond acceptors (Lipinski definition) is 2. The van der Waals surface area contributed by atoms with Crippen LogP contribution in [0, 0.1) is 11.6 Å². The molecule has 0 fully saturated rings. The zero-order valence-electron chi connectivity index (χ0n) is 9.50. The molecule has 0 aliphatic heterocycles. The number of benzene rings is 1. The minimum atomic E-state index is -0.874. The molecule has 0 saturated carbocycles. The van der Waals surface area contributed by atoms with Gasteiger partial charge in [0.15, 0.2) is 11.6 Å². The molecule has 2 N–H and O–H groups in total. The zero-order valence-corrected chi connectivity index (χ0v) is 9.50. The lowest BCUT2D eigenvalue weighted by Crippen LogP contribution is -2.33. The molecule has 0 amide bonds. The number of halogens is 2. The summed E-state index contributed by atoms with van der Waals surface area (Å²) in [5.74, 6) is -1.74. The number of rotatable bonds is 5. The number of aliphatic hydroxyl groups is 1. The Morgan fingerprint density at radius 1 is 1.25 bits per heavy atom. The fourth-order valence-electron chi connectivity index (χ4n) is 1.38. The maximum Gasteiger partial charge on any atom is 0.159 e. The van der Waals surface area contributed by atoms with Gasteiger partial charge in [0, 0.05) is 12.6 Å². The van der Waals surface area contributed by atoms with Crippen LogP contribution in [0.5, 0.6) is 0 Å². The van der Waals surface area contributed by atoms with Gasteiger partial charge in [-0.05, 0) is 24.1 Å². The summed E-state index contributed by atoms with van der Waals surface area (Å²) >= 11 is 0. The van der Waals surface area contributed by atoms with Crippen molar-refractivity contribution in [3.05, 3.63) is 35.4 Å². The summed E-state index contributed by atoms with van der Waals surface area (Å²) in [6, 6.07) is 3.97. The van der Waals surface area contributed by atoms with E-state index in [0.717, 1.165) is 12.1 Å². The average Bonchev–Trinajstić information content (AvgIpc) is 2.21. The van der Waals surface area contributed by atoms with Crippen molar-refractivity contribution in [1.82, 2.24) is 5.32 Å². The van der Waals surface area contributed by atoms with Crippen LogP contribution >= 0.6 is 0 Å². The first kappa shape index (κ1) is 13.1. The Morgan fingerprint density at radius 2 is 1.94 bits per heavy atom. The molecule has 0 radical (unpaired) electrons. The van der Waals surface area contributed by atoms with Crippen LogP contribution in [0.25, 0.3) is 0 Å². The summed E-state index contributed by atoms with van der Waals surface area (Å²) in [5.41, 5.74) is 0.594. The topological polar surface area (TPSA) is 32.3 Å². The first-order chi connectivity index (χ1) is 7.49. The third-order valence-electron chi connectivity index (χ3n) is 2.22. The van der Waals surface area contributed by atoms with Gasteiger partial charge >= 0.3 is 0 Å². The summed E-state index contributed by atoms with van der Waals surface area (Å²) in [6.45, 7) is 4.39. The quantitative estimate of drug-likeness (QED) is 0.807. The predicted molar refractivity (Wildman–Crippen MR) is 59.2 cm³/mol. The summed E-state index contributed by atoms with van der Waals surface area (Å²) in [4.78, 5) is 0. The molecule has 90 valence electrons. The zero-order chi connectivity index (χ0) is 12.1. The number of hydrogen-bond donors (Lipinski definition) is 2. The van der Waals surface area contributed by atoms with E-state index in [2.05, 4.69) is 5.32 Å². The lowest BCUT2D eigenvalue weighted by atomic mass is 10.1. The summed E-state index contributed by atoms with van der Waals surface area (Å²) in [7, 11) is 0. The molecule has 0 aliphatic carbocycles. The van der Waals surface area contributed by atoms with Crippen LogP contribution in [0.1, 0.15) is 19.4 Å². The minimum Gasteiger partial charge on any atom is -0.391 e. The third kappa shape index (κ3) is 4.24. The molecule has 1 aromatic carbocycles. The van der Waals surface area contributed by atoms with E-state index < -0.39 is 17.7 Å². The third-order valence-corrected chi connectivity index (χ3v) is 2.22. The first-order valence-corrected chi connectivity index (χ1v) is 5.34. The standard InChI is InChI=1S/C12H17F2NO/c1-8(2)15-7-10(16)5-9-3-4-11(13)12(14)6-9/h3-4,6,8,10,15-16H,5,7H2,1-2H3. The van der Waals surface area contributed by atoms with Gasteiger partial charge in [-0.25, -0.2) is 8.78 Å². The highest BCUT2D eigenvalue weighted by Crippen LogP contribution is 2.10. The van der Waals surface area contributed by atoms with E-state index in [-0.39, 0.29) is 0 Å². The molecule has 0 aliphatic rings. The van der Waals surface area contributed by atoms with Crippen molar-refractivity contribution in [3.63, 3.8) is 0 Å². The maximum atomic E-state index is 12.9. The van der Waals surface area contributed by atoms with E-state index in [9.17, 15) is 13.9 Å². The Labute approximate surface area is 94.3 Å². The van der Waals surface area contributed by atoms with Crippen molar-refractivity contribution in [2.24, 2.45) is 0 Å². The van der Waals surface area contributed by atoms with E-state index in [1.165, 1.54) is 6.07 Å². The maximum absolute atomic E-state index is 12.9. The molecule has 0 aromatic heterocycles. The van der Waals surface area contributed by atoms with Gasteiger partial charge in [0.1, 0.15) is 0 Å². The Balaban J connectivity index is 2.49. The van der Waals surface area contributed by atoms with Crippen molar-refractivity contribution >= 4 is 0 Å². The normalized spacial score (nSPS) is 13.1. The van der Waals surface area contributed by atoms with Crippen molar-refractivity contribution in [1.29, 1.82) is 0 Å². The van der Waals surface area contributed by atoms with E-state index in [1.807, 2.05) is 13.8 Å². The molecule has 2 nitrogen and oxygen atoms in total. The lowest BCUT2D eigenvalue weighted by Gasteiger charge is -2.14. The average molecular weight is 229 g/mol. The van der Waals surface area contributed by atoms with Gasteiger partial charge in [-0.3, -0.25) is 0 Å². The highest BCUT2D eigenvalue weighted by atomic mass is 19.2. The van der Waals surface area contributed by atoms with Crippen molar-refractivity contribution in [2.75, 3.05) is 6.54 Å². The molecule has 1 aromatic rings. The fraction of sp³-hybridized carbons (Fsp3) is 0.500. The molecule has 0 saturated heterocycles. The van der Waals surface area contributed by atoms with Crippen LogP contribution in [0.15, 0.2) is 18.2 Å². The largest absolute Gasteiger partial charge is 0.391 e. The number of aliphatic hydroxyl groups excluding tert-OH is 1. The van der Waals surface area contributed by atoms with Crippen LogP contribution in [0.4, 0.5) is 8.78 Å². The van der Waals surface area contributed by atoms with Crippen molar-refractivity contribution in [2.45, 2.75) is 32.4 Å². The van der Waals surface area contributed by atoms with Crippen LogP contribution in [-0.2, 0) is 6.42 Å². The van der Waals surface area contributed by atoms with E-state index in [1.54, 1.807) is 0 Å². The summed E-state index contributed by atoms with van der Waals surface area (Å²) in [6.07, 6.45) is -0.274. The molecule has 4 heteroatoms. The van der Waals surface area contributed by atoms with Crippen molar-refractivity contribution < 1.29 is 13.9 Å². The minimum absolute atomic E-state index is 0.291. The molecule has 1 atom stereocenters. The molecule has 16 heavy (non-hydrogen) atoms. The molecular weight excluding hydrogens is 212 g/mol. The van der Waals surface area contributed by atoms with Gasteiger partial charge in [-0.15, -0.1) is 0 Å². The second kappa shape index (κ2) is 5.92. The summed E-state index contributed by atoms with van der Waals surface area (Å²) in [5, 5.41) is 12.7. The van der Waals surface area contributed by atoms with Crippen LogP contribution in [0.3, 0.4) is 0 Å². The lowest BCUT2D eigenvalue weighted by molar-refractivity contribution is 0.169. The van der Waals surface area contributed by atoms with Crippen LogP contribution in [-0.4, -0.2) is 23.8 Å². The number of nitrogens with one attached hydrogen (secondary N) is 1. The van der Waals surface area contributed by atoms with Gasteiger partial charge < -0.3 is 10.4 Å². The molecule has 1 rings (SSSR count). The SMILES string of the molecule is CC(C)NCC(O)Cc1ccc(F)c(F)c1. The Morgan fingerprint density at radius 3 is 2.50 bits per heavy atom. The van der Waals surface area contributed by atoms with Gasteiger partial charge in [0.05, 0.1) is 6.10 Å². The van der Waals surface area contributed by atoms with Crippen LogP contribution < -0.4 is 5.32 Å². The van der Waals surface area contributed by atoms with Gasteiger partial charge in [-0.2, -0.15) is 0 Å². The molecule has 0 spiro atoms. The van der Waals surface area contributed by atoms with Crippen molar-refractivity contribution in [3.8, 4) is 0 Å². The van der Waals surface area contributed by atoms with E-state index in [4.69, 9.17) is 0 Å².